The second-order valence-electron chi connectivity index (χ2n) is 5.50. The molecular weight excluding hydrogens is 308 g/mol. The van der Waals surface area contributed by atoms with Crippen molar-refractivity contribution in [2.45, 2.75) is 27.0 Å². The first-order chi connectivity index (χ1) is 11.5. The summed E-state index contributed by atoms with van der Waals surface area (Å²) in [5.74, 6) is -0.380. The smallest absolute Gasteiger partial charge is 0.330 e. The number of hydrogen-bond donors (Lipinski definition) is 1. The third-order valence-electron chi connectivity index (χ3n) is 3.47. The van der Waals surface area contributed by atoms with Crippen molar-refractivity contribution >= 4 is 5.78 Å². The van der Waals surface area contributed by atoms with Crippen LogP contribution in [0, 0.1) is 0 Å². The summed E-state index contributed by atoms with van der Waals surface area (Å²) in [5.41, 5.74) is 0.322. The van der Waals surface area contributed by atoms with E-state index in [-0.39, 0.29) is 30.4 Å². The molecular formula is C18H20N2O4. The molecule has 0 aliphatic carbocycles. The van der Waals surface area contributed by atoms with E-state index in [1.54, 1.807) is 44.2 Å². The number of hydrogen-bond acceptors (Lipinski definition) is 4. The van der Waals surface area contributed by atoms with E-state index in [9.17, 15) is 14.4 Å². The molecule has 0 bridgehead atoms. The molecule has 126 valence electrons. The number of benzene rings is 1. The van der Waals surface area contributed by atoms with E-state index in [4.69, 9.17) is 4.74 Å². The van der Waals surface area contributed by atoms with Gasteiger partial charge in [0.1, 0.15) is 12.4 Å². The van der Waals surface area contributed by atoms with Crippen LogP contribution in [0.15, 0.2) is 52.1 Å². The Hall–Kier alpha value is -2.73. The third-order valence-corrected chi connectivity index (χ3v) is 3.47. The molecule has 1 N–H and O–H groups in total. The van der Waals surface area contributed by atoms with Gasteiger partial charge < -0.3 is 4.74 Å². The Kier molecular flexibility index (Phi) is 5.65. The summed E-state index contributed by atoms with van der Waals surface area (Å²) >= 11 is 0. The molecule has 0 fully saturated rings. The van der Waals surface area contributed by atoms with Crippen molar-refractivity contribution in [1.29, 1.82) is 0 Å². The summed E-state index contributed by atoms with van der Waals surface area (Å²) in [5, 5.41) is 0. The van der Waals surface area contributed by atoms with Gasteiger partial charge >= 0.3 is 5.69 Å². The first kappa shape index (κ1) is 17.6. The van der Waals surface area contributed by atoms with Gasteiger partial charge in [-0.3, -0.25) is 19.1 Å². The van der Waals surface area contributed by atoms with E-state index >= 15 is 0 Å². The minimum absolute atomic E-state index is 0.0687. The molecule has 1 aromatic carbocycles. The van der Waals surface area contributed by atoms with Crippen LogP contribution in [-0.2, 0) is 17.9 Å². The minimum Gasteiger partial charge on any atom is -0.356 e. The van der Waals surface area contributed by atoms with Crippen LogP contribution in [0.4, 0.5) is 0 Å². The van der Waals surface area contributed by atoms with Crippen LogP contribution in [0.3, 0.4) is 0 Å². The fourth-order valence-corrected chi connectivity index (χ4v) is 2.36. The number of carbonyl (C=O) groups excluding carboxylic acids is 1. The van der Waals surface area contributed by atoms with Crippen LogP contribution in [0.1, 0.15) is 35.5 Å². The monoisotopic (exact) mass is 328 g/mol. The van der Waals surface area contributed by atoms with Gasteiger partial charge in [-0.15, -0.1) is 0 Å². The molecule has 0 aliphatic heterocycles. The Labute approximate surface area is 139 Å². The van der Waals surface area contributed by atoms with Gasteiger partial charge in [-0.2, -0.15) is 0 Å². The molecule has 1 heterocycles. The second kappa shape index (κ2) is 7.70. The maximum atomic E-state index is 12.9. The van der Waals surface area contributed by atoms with E-state index in [2.05, 4.69) is 11.6 Å². The molecule has 0 amide bonds. The zero-order valence-corrected chi connectivity index (χ0v) is 13.8. The Morgan fingerprint density at radius 2 is 1.92 bits per heavy atom. The van der Waals surface area contributed by atoms with E-state index in [1.165, 1.54) is 4.57 Å². The lowest BCUT2D eigenvalue weighted by Crippen LogP contribution is -2.38. The number of aromatic nitrogens is 2. The van der Waals surface area contributed by atoms with Crippen LogP contribution >= 0.6 is 0 Å². The van der Waals surface area contributed by atoms with Crippen molar-refractivity contribution in [3.63, 3.8) is 0 Å². The first-order valence-electron chi connectivity index (χ1n) is 7.63. The molecule has 0 radical (unpaired) electrons. The van der Waals surface area contributed by atoms with Crippen molar-refractivity contribution < 1.29 is 9.53 Å². The summed E-state index contributed by atoms with van der Waals surface area (Å²) in [6.07, 6.45) is 0.323. The summed E-state index contributed by atoms with van der Waals surface area (Å²) in [7, 11) is 0. The molecule has 1 aromatic heterocycles. The molecule has 6 nitrogen and oxygen atoms in total. The van der Waals surface area contributed by atoms with E-state index in [0.29, 0.717) is 12.0 Å². The number of rotatable bonds is 7. The number of ketones is 1. The van der Waals surface area contributed by atoms with Crippen LogP contribution in [-0.4, -0.2) is 21.9 Å². The van der Waals surface area contributed by atoms with Gasteiger partial charge in [0, 0.05) is 11.1 Å². The summed E-state index contributed by atoms with van der Waals surface area (Å²) < 4.78 is 6.58. The van der Waals surface area contributed by atoms with Crippen LogP contribution in [0.25, 0.3) is 0 Å². The molecule has 2 rings (SSSR count). The Morgan fingerprint density at radius 3 is 2.50 bits per heavy atom. The van der Waals surface area contributed by atoms with Crippen LogP contribution in [0.2, 0.25) is 0 Å². The topological polar surface area (TPSA) is 81.2 Å². The highest BCUT2D eigenvalue weighted by molar-refractivity contribution is 6.08. The van der Waals surface area contributed by atoms with E-state index in [1.807, 2.05) is 0 Å². The fraction of sp³-hybridized carbons (Fsp3) is 0.278. The van der Waals surface area contributed by atoms with E-state index < -0.39 is 11.2 Å². The summed E-state index contributed by atoms with van der Waals surface area (Å²) in [6, 6.07) is 8.54. The quantitative estimate of drug-likeness (QED) is 0.621. The molecule has 0 spiro atoms. The van der Waals surface area contributed by atoms with Gasteiger partial charge in [0.15, 0.2) is 0 Å². The highest BCUT2D eigenvalue weighted by atomic mass is 16.5. The average Bonchev–Trinajstić information content (AvgIpc) is 2.56. The van der Waals surface area contributed by atoms with Crippen molar-refractivity contribution in [2.24, 2.45) is 0 Å². The zero-order chi connectivity index (χ0) is 17.7. The average molecular weight is 328 g/mol. The SMILES string of the molecule is C=C(C)COCn1c(C(=O)c2ccccc2)c(CC)c(=O)[nH]c1=O. The molecule has 24 heavy (non-hydrogen) atoms. The Balaban J connectivity index is 2.57. The molecule has 0 unspecified atom stereocenters. The number of aromatic amines is 1. The predicted molar refractivity (Wildman–Crippen MR) is 91.3 cm³/mol. The Bertz CT molecular complexity index is 863. The van der Waals surface area contributed by atoms with Gasteiger partial charge in [-0.1, -0.05) is 49.4 Å². The molecule has 0 aliphatic rings. The number of ether oxygens (including phenoxy) is 1. The van der Waals surface area contributed by atoms with Gasteiger partial charge in [-0.25, -0.2) is 4.79 Å². The minimum atomic E-state index is -0.668. The maximum absolute atomic E-state index is 12.9. The van der Waals surface area contributed by atoms with Crippen LogP contribution < -0.4 is 11.2 Å². The highest BCUT2D eigenvalue weighted by Gasteiger charge is 2.21. The number of nitrogens with one attached hydrogen (secondary N) is 1. The third kappa shape index (κ3) is 3.78. The lowest BCUT2D eigenvalue weighted by atomic mass is 10.0. The van der Waals surface area contributed by atoms with Crippen molar-refractivity contribution in [2.75, 3.05) is 6.61 Å². The summed E-state index contributed by atoms with van der Waals surface area (Å²) in [4.78, 5) is 39.4. The maximum Gasteiger partial charge on any atom is 0.330 e. The largest absolute Gasteiger partial charge is 0.356 e. The predicted octanol–water partition coefficient (Wildman–Crippen LogP) is 1.88. The molecule has 0 saturated heterocycles. The zero-order valence-electron chi connectivity index (χ0n) is 13.8. The van der Waals surface area contributed by atoms with E-state index in [0.717, 1.165) is 5.57 Å². The summed E-state index contributed by atoms with van der Waals surface area (Å²) in [6.45, 7) is 7.40. The molecule has 0 atom stereocenters. The molecule has 2 aromatic rings. The van der Waals surface area contributed by atoms with Gasteiger partial charge in [0.2, 0.25) is 5.78 Å². The standard InChI is InChI=1S/C18H20N2O4/c1-4-14-15(16(21)13-8-6-5-7-9-13)20(11-24-10-12(2)3)18(23)19-17(14)22/h5-9H,2,4,10-11H2,1,3H3,(H,19,22,23). The fourth-order valence-electron chi connectivity index (χ4n) is 2.36. The Morgan fingerprint density at radius 1 is 1.25 bits per heavy atom. The normalized spacial score (nSPS) is 10.6. The first-order valence-corrected chi connectivity index (χ1v) is 7.63. The van der Waals surface area contributed by atoms with Crippen molar-refractivity contribution in [1.82, 2.24) is 9.55 Å². The van der Waals surface area contributed by atoms with Crippen molar-refractivity contribution in [3.05, 3.63) is 80.1 Å². The molecule has 6 heteroatoms. The van der Waals surface area contributed by atoms with Crippen molar-refractivity contribution in [3.8, 4) is 0 Å². The lowest BCUT2D eigenvalue weighted by Gasteiger charge is -2.15. The highest BCUT2D eigenvalue weighted by Crippen LogP contribution is 2.12. The number of H-pyrrole nitrogens is 1. The van der Waals surface area contributed by atoms with Gasteiger partial charge in [-0.05, 0) is 13.3 Å². The molecule has 0 saturated carbocycles. The van der Waals surface area contributed by atoms with Gasteiger partial charge in [0.25, 0.3) is 5.56 Å². The van der Waals surface area contributed by atoms with Crippen LogP contribution in [0.5, 0.6) is 0 Å². The lowest BCUT2D eigenvalue weighted by molar-refractivity contribution is 0.0840. The second-order valence-corrected chi connectivity index (χ2v) is 5.50. The number of carbonyl (C=O) groups is 1. The van der Waals surface area contributed by atoms with Gasteiger partial charge in [0.05, 0.1) is 6.61 Å². The number of nitrogens with zero attached hydrogens (tertiary/aromatic N) is 1.